The molecule has 0 aliphatic carbocycles. The summed E-state index contributed by atoms with van der Waals surface area (Å²) < 4.78 is 11.3. The molecule has 0 saturated carbocycles. The largest absolute Gasteiger partial charge is 0.394 e. The molecule has 6 N–H and O–H groups in total. The Hall–Kier alpha value is -4.19. The summed E-state index contributed by atoms with van der Waals surface area (Å²) in [5.41, 5.74) is 0. The molecule has 7 atom stereocenters. The summed E-state index contributed by atoms with van der Waals surface area (Å²) in [6, 6.07) is -0.846. The Morgan fingerprint density at radius 1 is 0.407 bits per heavy atom. The molecule has 0 bridgehead atoms. The molecule has 86 heavy (non-hydrogen) atoms. The van der Waals surface area contributed by atoms with Gasteiger partial charge in [-0.3, -0.25) is 4.79 Å². The Kier molecular flexibility index (Phi) is 59.2. The number of nitrogens with one attached hydrogen (secondary N) is 1. The number of rotatable bonds is 58. The van der Waals surface area contributed by atoms with Crippen LogP contribution in [0.1, 0.15) is 264 Å². The van der Waals surface area contributed by atoms with Gasteiger partial charge >= 0.3 is 0 Å². The molecular weight excluding hydrogens is 1070 g/mol. The van der Waals surface area contributed by atoms with E-state index in [1.165, 1.54) is 116 Å². The van der Waals surface area contributed by atoms with Gasteiger partial charge in [0.25, 0.3) is 0 Å². The van der Waals surface area contributed by atoms with Crippen molar-refractivity contribution in [3.05, 3.63) is 158 Å². The zero-order valence-corrected chi connectivity index (χ0v) is 54.5. The number of unbranched alkanes of at least 4 members (excludes halogenated alkanes) is 24. The van der Waals surface area contributed by atoms with Crippen molar-refractivity contribution >= 4 is 5.91 Å². The van der Waals surface area contributed by atoms with Gasteiger partial charge in [0.15, 0.2) is 6.29 Å². The summed E-state index contributed by atoms with van der Waals surface area (Å²) >= 11 is 0. The van der Waals surface area contributed by atoms with E-state index in [2.05, 4.69) is 165 Å². The van der Waals surface area contributed by atoms with Crippen molar-refractivity contribution in [1.82, 2.24) is 5.32 Å². The van der Waals surface area contributed by atoms with Crippen LogP contribution >= 0.6 is 0 Å². The predicted octanol–water partition coefficient (Wildman–Crippen LogP) is 19.1. The van der Waals surface area contributed by atoms with E-state index in [1.807, 2.05) is 6.08 Å². The summed E-state index contributed by atoms with van der Waals surface area (Å²) in [5, 5.41) is 54.7. The van der Waals surface area contributed by atoms with Crippen molar-refractivity contribution in [2.24, 2.45) is 0 Å². The Bertz CT molecular complexity index is 1920. The van der Waals surface area contributed by atoms with Crippen LogP contribution in [0.3, 0.4) is 0 Å². The second-order valence-corrected chi connectivity index (χ2v) is 23.2. The van der Waals surface area contributed by atoms with Gasteiger partial charge in [-0.15, -0.1) is 0 Å². The lowest BCUT2D eigenvalue weighted by Crippen LogP contribution is -2.60. The molecule has 1 aliphatic rings. The first-order valence-electron chi connectivity index (χ1n) is 34.7. The molecule has 1 heterocycles. The number of allylic oxidation sites excluding steroid dienone is 25. The quantitative estimate of drug-likeness (QED) is 0.0261. The van der Waals surface area contributed by atoms with Crippen LogP contribution < -0.4 is 5.32 Å². The Morgan fingerprint density at radius 2 is 0.733 bits per heavy atom. The maximum Gasteiger partial charge on any atom is 0.220 e. The first-order chi connectivity index (χ1) is 42.3. The molecule has 0 spiro atoms. The molecule has 0 aromatic heterocycles. The highest BCUT2D eigenvalue weighted by molar-refractivity contribution is 5.76. The molecule has 1 rings (SSSR count). The summed E-state index contributed by atoms with van der Waals surface area (Å²) in [6.07, 6.45) is 93.3. The summed E-state index contributed by atoms with van der Waals surface area (Å²) in [7, 11) is 0. The van der Waals surface area contributed by atoms with Gasteiger partial charge in [0.2, 0.25) is 5.91 Å². The molecule has 0 aromatic carbocycles. The first-order valence-corrected chi connectivity index (χ1v) is 34.7. The fourth-order valence-corrected chi connectivity index (χ4v) is 9.92. The van der Waals surface area contributed by atoms with Gasteiger partial charge in [-0.1, -0.05) is 294 Å². The predicted molar refractivity (Wildman–Crippen MR) is 368 cm³/mol. The van der Waals surface area contributed by atoms with Crippen LogP contribution in [0.2, 0.25) is 0 Å². The fraction of sp³-hybridized carbons (Fsp3) is 0.649. The van der Waals surface area contributed by atoms with Gasteiger partial charge in [0, 0.05) is 6.42 Å². The molecule has 7 unspecified atom stereocenters. The highest BCUT2D eigenvalue weighted by atomic mass is 16.7. The van der Waals surface area contributed by atoms with E-state index < -0.39 is 49.5 Å². The maximum absolute atomic E-state index is 13.1. The zero-order chi connectivity index (χ0) is 62.1. The highest BCUT2D eigenvalue weighted by Gasteiger charge is 2.44. The summed E-state index contributed by atoms with van der Waals surface area (Å²) in [6.45, 7) is 3.65. The summed E-state index contributed by atoms with van der Waals surface area (Å²) in [4.78, 5) is 13.1. The number of hydrogen-bond donors (Lipinski definition) is 6. The zero-order valence-electron chi connectivity index (χ0n) is 54.5. The standard InChI is InChI=1S/C77H127NO8/c1-3-5-7-9-11-13-15-17-19-21-23-25-27-29-30-31-32-33-34-35-36-37-38-39-40-41-42-43-45-47-49-51-53-55-57-59-61-63-65-67-73(81)78-70(69-85-77-76(84)75(83)74(82)72(68-79)86-77)71(80)66-64-62-60-58-56-54-52-50-48-46-44-28-26-24-22-20-18-16-14-12-10-8-6-4-2/h5,7,11,13,17,19,23,25,29-30,32-33,35-36,38-39,41-42,45,47-48,50,56,58,64,66,70-72,74-77,79-80,82-84H,3-4,6,8-10,12,14-16,18,20-22,24,26-28,31,34,37,40,43-44,46,49,51-55,57,59-63,65,67-69H2,1-2H3,(H,78,81)/b7-5-,13-11-,19-17-,25-23-,30-29-,33-32-,36-35-,39-38-,42-41-,47-45-,50-48+,58-56+,66-64+. The smallest absolute Gasteiger partial charge is 0.220 e. The van der Waals surface area contributed by atoms with Crippen LogP contribution in [-0.4, -0.2) is 87.5 Å². The van der Waals surface area contributed by atoms with Crippen molar-refractivity contribution in [2.75, 3.05) is 13.2 Å². The van der Waals surface area contributed by atoms with Gasteiger partial charge in [-0.25, -0.2) is 0 Å². The molecule has 9 heteroatoms. The molecule has 1 amide bonds. The van der Waals surface area contributed by atoms with Gasteiger partial charge in [-0.2, -0.15) is 0 Å². The van der Waals surface area contributed by atoms with Crippen molar-refractivity contribution < 1.29 is 39.8 Å². The second kappa shape index (κ2) is 63.8. The number of aliphatic hydroxyl groups is 5. The Labute approximate surface area is 526 Å². The molecule has 1 aliphatic heterocycles. The van der Waals surface area contributed by atoms with Crippen molar-refractivity contribution in [3.8, 4) is 0 Å². The van der Waals surface area contributed by atoms with E-state index in [4.69, 9.17) is 9.47 Å². The van der Waals surface area contributed by atoms with Crippen molar-refractivity contribution in [2.45, 2.75) is 307 Å². The minimum absolute atomic E-state index is 0.204. The van der Waals surface area contributed by atoms with E-state index in [0.29, 0.717) is 6.42 Å². The minimum atomic E-state index is -1.59. The van der Waals surface area contributed by atoms with E-state index in [0.717, 1.165) is 128 Å². The van der Waals surface area contributed by atoms with Crippen LogP contribution in [0.4, 0.5) is 0 Å². The third kappa shape index (κ3) is 51.8. The number of hydrogen-bond acceptors (Lipinski definition) is 8. The van der Waals surface area contributed by atoms with Crippen LogP contribution in [0.25, 0.3) is 0 Å². The molecule has 488 valence electrons. The van der Waals surface area contributed by atoms with E-state index in [-0.39, 0.29) is 12.5 Å². The Morgan fingerprint density at radius 3 is 1.12 bits per heavy atom. The van der Waals surface area contributed by atoms with Gasteiger partial charge in [0.1, 0.15) is 24.4 Å². The average Bonchev–Trinajstić information content (AvgIpc) is 3.55. The number of ether oxygens (including phenoxy) is 2. The highest BCUT2D eigenvalue weighted by Crippen LogP contribution is 2.23. The normalized spacial score (nSPS) is 19.1. The van der Waals surface area contributed by atoms with Crippen LogP contribution in [0, 0.1) is 0 Å². The number of aliphatic hydroxyl groups excluding tert-OH is 5. The topological polar surface area (TPSA) is 149 Å². The van der Waals surface area contributed by atoms with Gasteiger partial charge < -0.3 is 40.3 Å². The molecular formula is C77H127NO8. The maximum atomic E-state index is 13.1. The van der Waals surface area contributed by atoms with E-state index in [9.17, 15) is 30.3 Å². The third-order valence-corrected chi connectivity index (χ3v) is 15.3. The monoisotopic (exact) mass is 1190 g/mol. The molecule has 0 radical (unpaired) electrons. The SMILES string of the molecule is CC/C=C\C/C=C\C/C=C\C/C=C\C/C=C\C/C=C\C/C=C\C/C=C\C/C=C\C/C=C\CCCCCCCCCCC(=O)NC(COC1OC(CO)C(O)C(O)C1O)C(O)/C=C/CC/C=C/CC/C=C/CCCCCCCCCCCCCCCC. The third-order valence-electron chi connectivity index (χ3n) is 15.3. The molecule has 1 fully saturated rings. The second-order valence-electron chi connectivity index (χ2n) is 23.2. The van der Waals surface area contributed by atoms with E-state index in [1.54, 1.807) is 6.08 Å². The first kappa shape index (κ1) is 79.8. The van der Waals surface area contributed by atoms with E-state index >= 15 is 0 Å². The van der Waals surface area contributed by atoms with Crippen LogP contribution in [0.15, 0.2) is 158 Å². The molecule has 1 saturated heterocycles. The lowest BCUT2D eigenvalue weighted by atomic mass is 9.99. The Balaban J connectivity index is 2.20. The lowest BCUT2D eigenvalue weighted by molar-refractivity contribution is -0.302. The van der Waals surface area contributed by atoms with Crippen LogP contribution in [0.5, 0.6) is 0 Å². The van der Waals surface area contributed by atoms with Gasteiger partial charge in [-0.05, 0) is 122 Å². The number of carbonyl (C=O) groups is 1. The fourth-order valence-electron chi connectivity index (χ4n) is 9.92. The molecule has 0 aromatic rings. The lowest BCUT2D eigenvalue weighted by Gasteiger charge is -2.40. The molecule has 9 nitrogen and oxygen atoms in total. The number of carbonyl (C=O) groups excluding carboxylic acids is 1. The van der Waals surface area contributed by atoms with Crippen molar-refractivity contribution in [1.29, 1.82) is 0 Å². The minimum Gasteiger partial charge on any atom is -0.394 e. The summed E-state index contributed by atoms with van der Waals surface area (Å²) in [5.74, 6) is -0.204. The number of amides is 1. The average molecular weight is 1190 g/mol. The van der Waals surface area contributed by atoms with Gasteiger partial charge in [0.05, 0.1) is 25.4 Å². The van der Waals surface area contributed by atoms with Crippen molar-refractivity contribution in [3.63, 3.8) is 0 Å². The van der Waals surface area contributed by atoms with Crippen LogP contribution in [-0.2, 0) is 14.3 Å².